The monoisotopic (exact) mass is 564 g/mol. The quantitative estimate of drug-likeness (QED) is 0.300. The summed E-state index contributed by atoms with van der Waals surface area (Å²) in [4.78, 5) is 34.0. The van der Waals surface area contributed by atoms with Gasteiger partial charge in [0, 0.05) is 30.7 Å². The molecule has 1 atom stereocenters. The molecule has 0 bridgehead atoms. The molecule has 3 aromatic carbocycles. The molecule has 42 heavy (non-hydrogen) atoms. The fraction of sp³-hybridized carbons (Fsp3) is 0.167. The maximum absolute atomic E-state index is 14.2. The number of para-hydroxylation sites is 1. The van der Waals surface area contributed by atoms with Gasteiger partial charge in [-0.05, 0) is 53.6 Å². The molecule has 1 N–H and O–H groups in total. The van der Waals surface area contributed by atoms with E-state index in [9.17, 15) is 9.59 Å². The molecule has 2 aliphatic heterocycles. The normalized spacial score (nSPS) is 13.6. The third-order valence-corrected chi connectivity index (χ3v) is 7.01. The zero-order valence-corrected chi connectivity index (χ0v) is 22.2. The highest BCUT2D eigenvalue weighted by atomic mass is 16.7. The van der Waals surface area contributed by atoms with Crippen molar-refractivity contribution in [3.8, 4) is 23.0 Å². The number of hydrogen-bond donors (Lipinski definition) is 1. The van der Waals surface area contributed by atoms with E-state index in [0.717, 1.165) is 5.56 Å². The molecule has 0 aliphatic carbocycles. The third kappa shape index (κ3) is 4.89. The van der Waals surface area contributed by atoms with Crippen molar-refractivity contribution in [3.63, 3.8) is 0 Å². The highest BCUT2D eigenvalue weighted by Crippen LogP contribution is 2.38. The van der Waals surface area contributed by atoms with Crippen LogP contribution < -0.4 is 24.3 Å². The fourth-order valence-corrected chi connectivity index (χ4v) is 5.01. The number of hydrogen-bond acceptors (Lipinski definition) is 9. The second kappa shape index (κ2) is 10.7. The molecule has 0 radical (unpaired) electrons. The van der Waals surface area contributed by atoms with Crippen molar-refractivity contribution in [1.29, 1.82) is 0 Å². The lowest BCUT2D eigenvalue weighted by Gasteiger charge is -2.31. The van der Waals surface area contributed by atoms with E-state index in [1.165, 1.54) is 9.58 Å². The zero-order valence-electron chi connectivity index (χ0n) is 22.2. The molecule has 0 spiro atoms. The maximum atomic E-state index is 14.2. The Morgan fingerprint density at radius 1 is 0.881 bits per heavy atom. The standard InChI is InChI=1S/C30H24N6O6/c37-28(16-36-23-6-2-1-5-22(23)33-34-36)35(15-19-4-3-11-31-14-19)29(20-7-9-24-26(12-20)41-17-39-24)30(38)32-21-8-10-25-27(13-21)42-18-40-25/h1-14,29H,15-18H2,(H,32,38). The summed E-state index contributed by atoms with van der Waals surface area (Å²) in [6.07, 6.45) is 3.32. The molecule has 1 unspecified atom stereocenters. The van der Waals surface area contributed by atoms with Gasteiger partial charge in [0.05, 0.1) is 5.52 Å². The van der Waals surface area contributed by atoms with Gasteiger partial charge in [0.2, 0.25) is 19.5 Å². The van der Waals surface area contributed by atoms with E-state index >= 15 is 0 Å². The lowest BCUT2D eigenvalue weighted by molar-refractivity contribution is -0.140. The predicted molar refractivity (Wildman–Crippen MR) is 149 cm³/mol. The van der Waals surface area contributed by atoms with Crippen LogP contribution in [-0.2, 0) is 22.7 Å². The Hall–Kier alpha value is -5.65. The smallest absolute Gasteiger partial charge is 0.251 e. The summed E-state index contributed by atoms with van der Waals surface area (Å²) in [7, 11) is 0. The Kier molecular flexibility index (Phi) is 6.47. The molecule has 12 nitrogen and oxygen atoms in total. The Bertz CT molecular complexity index is 1790. The van der Waals surface area contributed by atoms with Gasteiger partial charge in [-0.2, -0.15) is 0 Å². The first-order chi connectivity index (χ1) is 20.6. The highest BCUT2D eigenvalue weighted by Gasteiger charge is 2.34. The van der Waals surface area contributed by atoms with E-state index in [-0.39, 0.29) is 32.6 Å². The van der Waals surface area contributed by atoms with E-state index in [0.29, 0.717) is 45.3 Å². The molecule has 5 aromatic rings. The summed E-state index contributed by atoms with van der Waals surface area (Å²) in [6, 6.07) is 20.3. The first-order valence-electron chi connectivity index (χ1n) is 13.2. The number of ether oxygens (including phenoxy) is 4. The van der Waals surface area contributed by atoms with Crippen molar-refractivity contribution in [2.24, 2.45) is 0 Å². The SMILES string of the molecule is O=C(Nc1ccc2c(c1)OCO2)C(c1ccc2c(c1)OCO2)N(Cc1cccnc1)C(=O)Cn1nnc2ccccc21. The van der Waals surface area contributed by atoms with Gasteiger partial charge in [-0.15, -0.1) is 5.10 Å². The topological polar surface area (TPSA) is 130 Å². The molecule has 0 saturated carbocycles. The minimum atomic E-state index is -1.06. The molecule has 2 aliphatic rings. The van der Waals surface area contributed by atoms with Crippen LogP contribution in [0.15, 0.2) is 85.2 Å². The lowest BCUT2D eigenvalue weighted by Crippen LogP contribution is -2.42. The van der Waals surface area contributed by atoms with Crippen LogP contribution >= 0.6 is 0 Å². The predicted octanol–water partition coefficient (Wildman–Crippen LogP) is 3.69. The lowest BCUT2D eigenvalue weighted by atomic mass is 10.0. The highest BCUT2D eigenvalue weighted by molar-refractivity contribution is 5.98. The first kappa shape index (κ1) is 25.3. The molecule has 12 heteroatoms. The Balaban J connectivity index is 1.28. The van der Waals surface area contributed by atoms with Gasteiger partial charge in [0.1, 0.15) is 18.1 Å². The average Bonchev–Trinajstić information content (AvgIpc) is 3.77. The molecule has 0 saturated heterocycles. The Morgan fingerprint density at radius 3 is 2.45 bits per heavy atom. The van der Waals surface area contributed by atoms with Gasteiger partial charge in [-0.3, -0.25) is 14.6 Å². The Morgan fingerprint density at radius 2 is 1.64 bits per heavy atom. The number of carbonyl (C=O) groups excluding carboxylic acids is 2. The van der Waals surface area contributed by atoms with Crippen LogP contribution in [0, 0.1) is 0 Å². The van der Waals surface area contributed by atoms with E-state index in [4.69, 9.17) is 18.9 Å². The number of fused-ring (bicyclic) bond motifs is 3. The van der Waals surface area contributed by atoms with Crippen LogP contribution in [0.25, 0.3) is 11.0 Å². The van der Waals surface area contributed by atoms with Crippen LogP contribution in [0.5, 0.6) is 23.0 Å². The number of pyridine rings is 1. The zero-order chi connectivity index (χ0) is 28.5. The van der Waals surface area contributed by atoms with Crippen molar-refractivity contribution in [2.45, 2.75) is 19.1 Å². The number of rotatable bonds is 8. The number of anilines is 1. The molecule has 2 amide bonds. The van der Waals surface area contributed by atoms with E-state index in [1.807, 2.05) is 30.3 Å². The van der Waals surface area contributed by atoms with Gasteiger partial charge in [0.15, 0.2) is 23.0 Å². The number of aromatic nitrogens is 4. The largest absolute Gasteiger partial charge is 0.454 e. The molecule has 4 heterocycles. The van der Waals surface area contributed by atoms with Gasteiger partial charge in [0.25, 0.3) is 5.91 Å². The van der Waals surface area contributed by atoms with Crippen molar-refractivity contribution in [1.82, 2.24) is 24.9 Å². The van der Waals surface area contributed by atoms with Crippen molar-refractivity contribution >= 4 is 28.5 Å². The van der Waals surface area contributed by atoms with Crippen molar-refractivity contribution in [2.75, 3.05) is 18.9 Å². The third-order valence-electron chi connectivity index (χ3n) is 7.01. The molecule has 2 aromatic heterocycles. The fourth-order valence-electron chi connectivity index (χ4n) is 5.01. The van der Waals surface area contributed by atoms with Crippen LogP contribution in [-0.4, -0.2) is 50.3 Å². The molecular formula is C30H24N6O6. The number of amides is 2. The van der Waals surface area contributed by atoms with Crippen LogP contribution in [0.4, 0.5) is 5.69 Å². The van der Waals surface area contributed by atoms with E-state index in [2.05, 4.69) is 20.6 Å². The minimum absolute atomic E-state index is 0.0740. The molecule has 7 rings (SSSR count). The van der Waals surface area contributed by atoms with Crippen molar-refractivity contribution < 1.29 is 28.5 Å². The minimum Gasteiger partial charge on any atom is -0.454 e. The van der Waals surface area contributed by atoms with Gasteiger partial charge in [-0.25, -0.2) is 4.68 Å². The molecule has 210 valence electrons. The second-order valence-electron chi connectivity index (χ2n) is 9.69. The molecule has 0 fully saturated rings. The Labute approximate surface area is 239 Å². The second-order valence-corrected chi connectivity index (χ2v) is 9.69. The van der Waals surface area contributed by atoms with Gasteiger partial charge < -0.3 is 29.2 Å². The summed E-state index contributed by atoms with van der Waals surface area (Å²) < 4.78 is 23.5. The summed E-state index contributed by atoms with van der Waals surface area (Å²) in [5.41, 5.74) is 3.15. The van der Waals surface area contributed by atoms with Crippen LogP contribution in [0.3, 0.4) is 0 Å². The number of carbonyl (C=O) groups is 2. The molecular weight excluding hydrogens is 540 g/mol. The van der Waals surface area contributed by atoms with Gasteiger partial charge >= 0.3 is 0 Å². The summed E-state index contributed by atoms with van der Waals surface area (Å²) in [5.74, 6) is 1.38. The number of benzene rings is 3. The van der Waals surface area contributed by atoms with Gasteiger partial charge in [-0.1, -0.05) is 29.5 Å². The maximum Gasteiger partial charge on any atom is 0.251 e. The number of nitrogens with zero attached hydrogens (tertiary/aromatic N) is 5. The van der Waals surface area contributed by atoms with E-state index < -0.39 is 11.9 Å². The number of nitrogens with one attached hydrogen (secondary N) is 1. The van der Waals surface area contributed by atoms with Crippen LogP contribution in [0.1, 0.15) is 17.2 Å². The summed E-state index contributed by atoms with van der Waals surface area (Å²) in [5, 5.41) is 11.3. The van der Waals surface area contributed by atoms with E-state index in [1.54, 1.807) is 54.9 Å². The first-order valence-corrected chi connectivity index (χ1v) is 13.2. The summed E-state index contributed by atoms with van der Waals surface area (Å²) in [6.45, 7) is 0.146. The summed E-state index contributed by atoms with van der Waals surface area (Å²) >= 11 is 0. The average molecular weight is 565 g/mol. The van der Waals surface area contributed by atoms with Crippen molar-refractivity contribution in [3.05, 3.63) is 96.3 Å². The van der Waals surface area contributed by atoms with Crippen LogP contribution in [0.2, 0.25) is 0 Å².